The molecule has 1 amide bonds. The highest BCUT2D eigenvalue weighted by atomic mass is 16.2. The highest BCUT2D eigenvalue weighted by molar-refractivity contribution is 5.85. The zero-order valence-corrected chi connectivity index (χ0v) is 16.5. The zero-order chi connectivity index (χ0) is 19.0. The lowest BCUT2D eigenvalue weighted by molar-refractivity contribution is -0.142. The lowest BCUT2D eigenvalue weighted by Crippen LogP contribution is -2.54. The number of amides is 1. The maximum absolute atomic E-state index is 13.2. The van der Waals surface area contributed by atoms with E-state index < -0.39 is 0 Å². The summed E-state index contributed by atoms with van der Waals surface area (Å²) < 4.78 is 0. The SMILES string of the molecule is O=C1C(c2ccccc2)CC2(CCN(Cc3ccncc3)CC2)CN1C1CC1. The molecule has 1 atom stereocenters. The fourth-order valence-electron chi connectivity index (χ4n) is 5.16. The van der Waals surface area contributed by atoms with Crippen molar-refractivity contribution in [2.45, 2.75) is 50.6 Å². The van der Waals surface area contributed by atoms with Gasteiger partial charge < -0.3 is 4.90 Å². The van der Waals surface area contributed by atoms with Gasteiger partial charge in [-0.25, -0.2) is 0 Å². The Kier molecular flexibility index (Phi) is 4.67. The molecule has 3 heterocycles. The van der Waals surface area contributed by atoms with Crippen LogP contribution >= 0.6 is 0 Å². The molecular weight excluding hydrogens is 346 g/mol. The Morgan fingerprint density at radius 2 is 1.71 bits per heavy atom. The van der Waals surface area contributed by atoms with Gasteiger partial charge in [0.2, 0.25) is 5.91 Å². The first kappa shape index (κ1) is 17.9. The van der Waals surface area contributed by atoms with E-state index in [2.05, 4.69) is 51.2 Å². The van der Waals surface area contributed by atoms with Gasteiger partial charge in [0, 0.05) is 31.5 Å². The molecule has 1 unspecified atom stereocenters. The van der Waals surface area contributed by atoms with E-state index in [4.69, 9.17) is 0 Å². The monoisotopic (exact) mass is 375 g/mol. The van der Waals surface area contributed by atoms with Gasteiger partial charge in [0.1, 0.15) is 0 Å². The van der Waals surface area contributed by atoms with E-state index >= 15 is 0 Å². The second-order valence-electron chi connectivity index (χ2n) is 9.00. The molecule has 1 aromatic carbocycles. The second-order valence-corrected chi connectivity index (χ2v) is 9.00. The fourth-order valence-corrected chi connectivity index (χ4v) is 5.16. The number of hydrogen-bond acceptors (Lipinski definition) is 3. The predicted molar refractivity (Wildman–Crippen MR) is 110 cm³/mol. The number of carbonyl (C=O) groups excluding carboxylic acids is 1. The van der Waals surface area contributed by atoms with Crippen molar-refractivity contribution >= 4 is 5.91 Å². The summed E-state index contributed by atoms with van der Waals surface area (Å²) >= 11 is 0. The number of benzene rings is 1. The smallest absolute Gasteiger partial charge is 0.230 e. The van der Waals surface area contributed by atoms with E-state index in [1.54, 1.807) is 0 Å². The lowest BCUT2D eigenvalue weighted by atomic mass is 9.67. The summed E-state index contributed by atoms with van der Waals surface area (Å²) in [6, 6.07) is 15.2. The van der Waals surface area contributed by atoms with Crippen LogP contribution in [0.1, 0.15) is 49.1 Å². The number of piperidine rings is 2. The predicted octanol–water partition coefficient (Wildman–Crippen LogP) is 3.84. The number of hydrogen-bond donors (Lipinski definition) is 0. The van der Waals surface area contributed by atoms with Crippen LogP contribution in [0.3, 0.4) is 0 Å². The molecule has 2 aromatic rings. The zero-order valence-electron chi connectivity index (χ0n) is 16.5. The largest absolute Gasteiger partial charge is 0.339 e. The number of pyridine rings is 1. The molecule has 3 fully saturated rings. The molecule has 1 saturated carbocycles. The molecule has 146 valence electrons. The summed E-state index contributed by atoms with van der Waals surface area (Å²) in [6.45, 7) is 4.22. The van der Waals surface area contributed by atoms with Crippen LogP contribution < -0.4 is 0 Å². The molecule has 1 aliphatic carbocycles. The van der Waals surface area contributed by atoms with Gasteiger partial charge >= 0.3 is 0 Å². The maximum Gasteiger partial charge on any atom is 0.230 e. The van der Waals surface area contributed by atoms with Crippen LogP contribution in [0.5, 0.6) is 0 Å². The minimum atomic E-state index is 0.0438. The molecule has 0 N–H and O–H groups in total. The van der Waals surface area contributed by atoms with Crippen LogP contribution in [-0.2, 0) is 11.3 Å². The Morgan fingerprint density at radius 1 is 1.00 bits per heavy atom. The average Bonchev–Trinajstić information content (AvgIpc) is 3.58. The number of carbonyl (C=O) groups is 1. The van der Waals surface area contributed by atoms with E-state index in [-0.39, 0.29) is 11.3 Å². The Labute approximate surface area is 167 Å². The molecule has 1 spiro atoms. The third-order valence-corrected chi connectivity index (χ3v) is 6.99. The Hall–Kier alpha value is -2.20. The summed E-state index contributed by atoms with van der Waals surface area (Å²) in [5.41, 5.74) is 2.83. The maximum atomic E-state index is 13.2. The number of aromatic nitrogens is 1. The number of likely N-dealkylation sites (tertiary alicyclic amines) is 2. The van der Waals surface area contributed by atoms with Crippen LogP contribution in [0, 0.1) is 5.41 Å². The third kappa shape index (κ3) is 3.58. The van der Waals surface area contributed by atoms with E-state index in [1.807, 2.05) is 18.5 Å². The highest BCUT2D eigenvalue weighted by Crippen LogP contribution is 2.48. The molecule has 28 heavy (non-hydrogen) atoms. The summed E-state index contributed by atoms with van der Waals surface area (Å²) in [6.07, 6.45) is 9.55. The normalized spacial score (nSPS) is 25.2. The van der Waals surface area contributed by atoms with Crippen LogP contribution in [0.25, 0.3) is 0 Å². The van der Waals surface area contributed by atoms with Gasteiger partial charge in [0.05, 0.1) is 5.92 Å². The van der Waals surface area contributed by atoms with Gasteiger partial charge in [-0.2, -0.15) is 0 Å². The fraction of sp³-hybridized carbons (Fsp3) is 0.500. The Bertz CT molecular complexity index is 810. The van der Waals surface area contributed by atoms with Crippen molar-refractivity contribution in [1.29, 1.82) is 0 Å². The topological polar surface area (TPSA) is 36.4 Å². The first-order chi connectivity index (χ1) is 13.7. The highest BCUT2D eigenvalue weighted by Gasteiger charge is 2.49. The van der Waals surface area contributed by atoms with Crippen molar-refractivity contribution in [3.05, 3.63) is 66.0 Å². The van der Waals surface area contributed by atoms with Crippen molar-refractivity contribution in [2.24, 2.45) is 5.41 Å². The van der Waals surface area contributed by atoms with Crippen LogP contribution in [0.15, 0.2) is 54.9 Å². The summed E-state index contributed by atoms with van der Waals surface area (Å²) in [5.74, 6) is 0.417. The summed E-state index contributed by atoms with van der Waals surface area (Å²) in [5, 5.41) is 0. The van der Waals surface area contributed by atoms with Gasteiger partial charge in [-0.3, -0.25) is 14.7 Å². The molecule has 1 aromatic heterocycles. The van der Waals surface area contributed by atoms with Crippen molar-refractivity contribution in [3.8, 4) is 0 Å². The van der Waals surface area contributed by atoms with Crippen molar-refractivity contribution in [1.82, 2.24) is 14.8 Å². The van der Waals surface area contributed by atoms with E-state index in [9.17, 15) is 4.79 Å². The molecule has 5 rings (SSSR count). The standard InChI is InChI=1S/C24H29N3O/c28-23-22(20-4-2-1-3-5-20)16-24(18-27(23)21-6-7-21)10-14-26(15-11-24)17-19-8-12-25-13-9-19/h1-5,8-9,12-13,21-22H,6-7,10-11,14-18H2. The van der Waals surface area contributed by atoms with Gasteiger partial charge in [-0.15, -0.1) is 0 Å². The lowest BCUT2D eigenvalue weighted by Gasteiger charge is -2.50. The first-order valence-corrected chi connectivity index (χ1v) is 10.7. The minimum absolute atomic E-state index is 0.0438. The Balaban J connectivity index is 1.32. The molecule has 2 saturated heterocycles. The van der Waals surface area contributed by atoms with Gasteiger partial charge in [0.15, 0.2) is 0 Å². The second kappa shape index (κ2) is 7.32. The van der Waals surface area contributed by atoms with E-state index in [0.29, 0.717) is 11.9 Å². The van der Waals surface area contributed by atoms with Gasteiger partial charge in [0.25, 0.3) is 0 Å². The van der Waals surface area contributed by atoms with Gasteiger partial charge in [-0.05, 0) is 73.9 Å². The van der Waals surface area contributed by atoms with Crippen molar-refractivity contribution < 1.29 is 4.79 Å². The van der Waals surface area contributed by atoms with Gasteiger partial charge in [-0.1, -0.05) is 30.3 Å². The molecular formula is C24H29N3O. The molecule has 2 aliphatic heterocycles. The third-order valence-electron chi connectivity index (χ3n) is 6.99. The van der Waals surface area contributed by atoms with Crippen molar-refractivity contribution in [3.63, 3.8) is 0 Å². The molecule has 4 nitrogen and oxygen atoms in total. The molecule has 4 heteroatoms. The quantitative estimate of drug-likeness (QED) is 0.815. The molecule has 0 bridgehead atoms. The summed E-state index contributed by atoms with van der Waals surface area (Å²) in [7, 11) is 0. The molecule has 0 radical (unpaired) electrons. The Morgan fingerprint density at radius 3 is 2.39 bits per heavy atom. The average molecular weight is 376 g/mol. The number of rotatable bonds is 4. The van der Waals surface area contributed by atoms with Crippen molar-refractivity contribution in [2.75, 3.05) is 19.6 Å². The summed E-state index contributed by atoms with van der Waals surface area (Å²) in [4.78, 5) is 22.2. The van der Waals surface area contributed by atoms with Crippen LogP contribution in [0.2, 0.25) is 0 Å². The van der Waals surface area contributed by atoms with E-state index in [0.717, 1.165) is 32.6 Å². The van der Waals surface area contributed by atoms with Crippen LogP contribution in [0.4, 0.5) is 0 Å². The minimum Gasteiger partial charge on any atom is -0.339 e. The van der Waals surface area contributed by atoms with E-state index in [1.165, 1.54) is 36.8 Å². The number of nitrogens with zero attached hydrogens (tertiary/aromatic N) is 3. The first-order valence-electron chi connectivity index (χ1n) is 10.7. The van der Waals surface area contributed by atoms with Crippen LogP contribution in [-0.4, -0.2) is 46.4 Å². The molecule has 3 aliphatic rings.